The average molecular weight is 355 g/mol. The standard InChI is InChI=1S/C10H18IN3O3/c1-6(2)5-7(8(15)13-17)14-4-3-10(11,12)9(14)16/h6-7,17H,3-5,12H2,1-2H3,(H,13,15)/t7-,10+/m1/s1. The van der Waals surface area contributed by atoms with Gasteiger partial charge in [-0.25, -0.2) is 5.48 Å². The predicted molar refractivity (Wildman–Crippen MR) is 70.4 cm³/mol. The first-order valence-corrected chi connectivity index (χ1v) is 6.60. The zero-order valence-corrected chi connectivity index (χ0v) is 12.1. The van der Waals surface area contributed by atoms with Crippen LogP contribution in [0.25, 0.3) is 0 Å². The summed E-state index contributed by atoms with van der Waals surface area (Å²) in [5.74, 6) is -0.555. The van der Waals surface area contributed by atoms with Crippen LogP contribution in [0.15, 0.2) is 0 Å². The Labute approximate surface area is 114 Å². The van der Waals surface area contributed by atoms with Gasteiger partial charge < -0.3 is 10.6 Å². The molecule has 7 heteroatoms. The normalized spacial score (nSPS) is 26.5. The first-order valence-electron chi connectivity index (χ1n) is 5.52. The molecule has 98 valence electrons. The summed E-state index contributed by atoms with van der Waals surface area (Å²) in [6.45, 7) is 4.36. The fourth-order valence-electron chi connectivity index (χ4n) is 1.92. The van der Waals surface area contributed by atoms with E-state index in [9.17, 15) is 9.59 Å². The van der Waals surface area contributed by atoms with Crippen molar-refractivity contribution < 1.29 is 14.8 Å². The highest BCUT2D eigenvalue weighted by Gasteiger charge is 2.45. The molecule has 17 heavy (non-hydrogen) atoms. The molecule has 0 bridgehead atoms. The zero-order chi connectivity index (χ0) is 13.2. The Bertz CT molecular complexity index is 320. The minimum atomic E-state index is -0.928. The molecule has 0 aromatic heterocycles. The topological polar surface area (TPSA) is 95.7 Å². The Morgan fingerprint density at radius 3 is 2.65 bits per heavy atom. The van der Waals surface area contributed by atoms with Crippen LogP contribution in [-0.4, -0.2) is 38.1 Å². The molecule has 0 saturated carbocycles. The van der Waals surface area contributed by atoms with Crippen LogP contribution in [-0.2, 0) is 9.59 Å². The van der Waals surface area contributed by atoms with Gasteiger partial charge in [-0.2, -0.15) is 0 Å². The van der Waals surface area contributed by atoms with Crippen LogP contribution in [0.2, 0.25) is 0 Å². The van der Waals surface area contributed by atoms with E-state index in [1.807, 2.05) is 36.4 Å². The molecule has 0 aromatic rings. The second kappa shape index (κ2) is 5.49. The molecule has 0 unspecified atom stereocenters. The van der Waals surface area contributed by atoms with E-state index in [1.165, 1.54) is 4.90 Å². The van der Waals surface area contributed by atoms with Crippen LogP contribution >= 0.6 is 22.6 Å². The van der Waals surface area contributed by atoms with Gasteiger partial charge in [0, 0.05) is 13.0 Å². The first-order chi connectivity index (χ1) is 7.79. The lowest BCUT2D eigenvalue weighted by Gasteiger charge is -2.28. The van der Waals surface area contributed by atoms with Gasteiger partial charge in [0.1, 0.15) is 9.59 Å². The van der Waals surface area contributed by atoms with Crippen LogP contribution in [0, 0.1) is 5.92 Å². The Kier molecular flexibility index (Phi) is 4.73. The molecule has 4 N–H and O–H groups in total. The Morgan fingerprint density at radius 1 is 1.71 bits per heavy atom. The van der Waals surface area contributed by atoms with E-state index in [2.05, 4.69) is 0 Å². The number of amides is 2. The number of nitrogens with zero attached hydrogens (tertiary/aromatic N) is 1. The maximum Gasteiger partial charge on any atom is 0.266 e. The number of carbonyl (C=O) groups excluding carboxylic acids is 2. The molecular weight excluding hydrogens is 337 g/mol. The Morgan fingerprint density at radius 2 is 2.29 bits per heavy atom. The van der Waals surface area contributed by atoms with Gasteiger partial charge in [-0.05, 0) is 12.3 Å². The largest absolute Gasteiger partial charge is 0.328 e. The average Bonchev–Trinajstić information content (AvgIpc) is 2.50. The summed E-state index contributed by atoms with van der Waals surface area (Å²) >= 11 is 1.90. The molecule has 6 nitrogen and oxygen atoms in total. The third-order valence-electron chi connectivity index (χ3n) is 2.82. The summed E-state index contributed by atoms with van der Waals surface area (Å²) in [6.07, 6.45) is 1.02. The van der Waals surface area contributed by atoms with Gasteiger partial charge >= 0.3 is 0 Å². The monoisotopic (exact) mass is 355 g/mol. The van der Waals surface area contributed by atoms with Crippen molar-refractivity contribution in [2.75, 3.05) is 6.54 Å². The molecule has 0 aromatic carbocycles. The van der Waals surface area contributed by atoms with E-state index in [4.69, 9.17) is 10.9 Å². The number of rotatable bonds is 4. The van der Waals surface area contributed by atoms with Crippen molar-refractivity contribution >= 4 is 34.4 Å². The third-order valence-corrected chi connectivity index (χ3v) is 3.82. The molecule has 1 saturated heterocycles. The molecule has 1 fully saturated rings. The van der Waals surface area contributed by atoms with Crippen LogP contribution < -0.4 is 11.2 Å². The van der Waals surface area contributed by atoms with E-state index >= 15 is 0 Å². The van der Waals surface area contributed by atoms with Crippen molar-refractivity contribution in [3.63, 3.8) is 0 Å². The van der Waals surface area contributed by atoms with Crippen molar-refractivity contribution in [1.29, 1.82) is 0 Å². The minimum absolute atomic E-state index is 0.243. The lowest BCUT2D eigenvalue weighted by molar-refractivity contribution is -0.143. The van der Waals surface area contributed by atoms with Crippen LogP contribution in [0.5, 0.6) is 0 Å². The number of carbonyl (C=O) groups is 2. The SMILES string of the molecule is CC(C)C[C@H](C(=O)NO)N1CC[C@@](N)(I)C1=O. The van der Waals surface area contributed by atoms with Crippen molar-refractivity contribution in [1.82, 2.24) is 10.4 Å². The maximum atomic E-state index is 12.0. The van der Waals surface area contributed by atoms with E-state index in [0.29, 0.717) is 19.4 Å². The summed E-state index contributed by atoms with van der Waals surface area (Å²) in [5, 5.41) is 8.72. The highest BCUT2D eigenvalue weighted by molar-refractivity contribution is 14.1. The summed E-state index contributed by atoms with van der Waals surface area (Å²) in [4.78, 5) is 25.1. The van der Waals surface area contributed by atoms with Gasteiger partial charge in [0.05, 0.1) is 0 Å². The van der Waals surface area contributed by atoms with Gasteiger partial charge in [0.15, 0.2) is 0 Å². The molecular formula is C10H18IN3O3. The molecule has 0 radical (unpaired) electrons. The van der Waals surface area contributed by atoms with Gasteiger partial charge in [-0.15, -0.1) is 0 Å². The maximum absolute atomic E-state index is 12.0. The number of hydroxylamine groups is 1. The lowest BCUT2D eigenvalue weighted by atomic mass is 10.0. The highest BCUT2D eigenvalue weighted by Crippen LogP contribution is 2.29. The van der Waals surface area contributed by atoms with Crippen molar-refractivity contribution in [3.8, 4) is 0 Å². The number of hydrogen-bond acceptors (Lipinski definition) is 4. The molecule has 2 amide bonds. The summed E-state index contributed by atoms with van der Waals surface area (Å²) < 4.78 is -0.928. The Hall–Kier alpha value is -0.410. The third kappa shape index (κ3) is 3.29. The van der Waals surface area contributed by atoms with Crippen molar-refractivity contribution in [2.45, 2.75) is 36.3 Å². The van der Waals surface area contributed by atoms with E-state index in [1.54, 1.807) is 5.48 Å². The van der Waals surface area contributed by atoms with Gasteiger partial charge in [-0.3, -0.25) is 14.8 Å². The van der Waals surface area contributed by atoms with Crippen LogP contribution in [0.1, 0.15) is 26.7 Å². The van der Waals surface area contributed by atoms with Crippen LogP contribution in [0.3, 0.4) is 0 Å². The van der Waals surface area contributed by atoms with Crippen LogP contribution in [0.4, 0.5) is 0 Å². The highest BCUT2D eigenvalue weighted by atomic mass is 127. The quantitative estimate of drug-likeness (QED) is 0.221. The number of halogens is 1. The van der Waals surface area contributed by atoms with Gasteiger partial charge in [-0.1, -0.05) is 36.4 Å². The summed E-state index contributed by atoms with van der Waals surface area (Å²) in [5.41, 5.74) is 7.44. The summed E-state index contributed by atoms with van der Waals surface area (Å²) in [6, 6.07) is -0.646. The van der Waals surface area contributed by atoms with Crippen molar-refractivity contribution in [3.05, 3.63) is 0 Å². The number of nitrogens with one attached hydrogen (secondary N) is 1. The molecule has 0 aliphatic carbocycles. The first kappa shape index (κ1) is 14.7. The molecule has 2 atom stereocenters. The van der Waals surface area contributed by atoms with Crippen molar-refractivity contribution in [2.24, 2.45) is 11.7 Å². The number of nitrogens with two attached hydrogens (primary N) is 1. The number of alkyl halides is 1. The Balaban J connectivity index is 2.85. The molecule has 1 aliphatic rings. The second-order valence-electron chi connectivity index (χ2n) is 4.73. The van der Waals surface area contributed by atoms with E-state index in [-0.39, 0.29) is 11.8 Å². The molecule has 0 spiro atoms. The minimum Gasteiger partial charge on any atom is -0.328 e. The smallest absolute Gasteiger partial charge is 0.266 e. The zero-order valence-electron chi connectivity index (χ0n) is 9.94. The lowest BCUT2D eigenvalue weighted by Crippen LogP contribution is -2.51. The fraction of sp³-hybridized carbons (Fsp3) is 0.800. The second-order valence-corrected chi connectivity index (χ2v) is 6.66. The number of hydrogen-bond donors (Lipinski definition) is 3. The molecule has 1 rings (SSSR count). The number of likely N-dealkylation sites (tertiary alicyclic amines) is 1. The van der Waals surface area contributed by atoms with Gasteiger partial charge in [0.2, 0.25) is 0 Å². The fourth-order valence-corrected chi connectivity index (χ4v) is 2.48. The van der Waals surface area contributed by atoms with E-state index in [0.717, 1.165) is 0 Å². The molecule has 1 heterocycles. The van der Waals surface area contributed by atoms with Gasteiger partial charge in [0.25, 0.3) is 11.8 Å². The van der Waals surface area contributed by atoms with E-state index < -0.39 is 15.5 Å². The summed E-state index contributed by atoms with van der Waals surface area (Å²) in [7, 11) is 0. The predicted octanol–water partition coefficient (Wildman–Crippen LogP) is 0.229. The molecule has 1 aliphatic heterocycles.